The van der Waals surface area contributed by atoms with Crippen LogP contribution in [0.4, 0.5) is 0 Å². The van der Waals surface area contributed by atoms with Crippen molar-refractivity contribution < 1.29 is 9.59 Å². The topological polar surface area (TPSA) is 69.9 Å². The number of likely N-dealkylation sites (tertiary alicyclic amines) is 1. The van der Waals surface area contributed by atoms with Gasteiger partial charge in [-0.1, -0.05) is 0 Å². The zero-order valence-electron chi connectivity index (χ0n) is 12.9. The number of carbonyl (C=O) groups excluding carboxylic acids is 2. The van der Waals surface area contributed by atoms with Crippen molar-refractivity contribution in [2.75, 3.05) is 52.4 Å². The van der Waals surface area contributed by atoms with Gasteiger partial charge >= 0.3 is 0 Å². The molecule has 0 aromatic rings. The monoisotopic (exact) mass is 296 g/mol. The molecule has 0 saturated carbocycles. The van der Waals surface area contributed by atoms with Crippen LogP contribution in [0.1, 0.15) is 32.1 Å². The molecule has 0 atom stereocenters. The van der Waals surface area contributed by atoms with Crippen molar-refractivity contribution in [2.45, 2.75) is 32.1 Å². The van der Waals surface area contributed by atoms with Gasteiger partial charge in [0, 0.05) is 45.7 Å². The fraction of sp³-hybridized carbons (Fsp3) is 0.867. The summed E-state index contributed by atoms with van der Waals surface area (Å²) in [7, 11) is 0. The van der Waals surface area contributed by atoms with Gasteiger partial charge in [0.25, 0.3) is 0 Å². The Morgan fingerprint density at radius 1 is 0.810 bits per heavy atom. The minimum Gasteiger partial charge on any atom is -0.342 e. The molecule has 2 rings (SSSR count). The Labute approximate surface area is 127 Å². The predicted molar refractivity (Wildman–Crippen MR) is 81.7 cm³/mol. The molecule has 2 N–H and O–H groups in total. The quantitative estimate of drug-likeness (QED) is 0.768. The van der Waals surface area contributed by atoms with E-state index in [1.165, 1.54) is 6.42 Å². The highest BCUT2D eigenvalue weighted by Crippen LogP contribution is 2.10. The van der Waals surface area contributed by atoms with E-state index >= 15 is 0 Å². The third kappa shape index (κ3) is 4.97. The molecule has 2 aliphatic rings. The highest BCUT2D eigenvalue weighted by Gasteiger charge is 2.24. The fourth-order valence-electron chi connectivity index (χ4n) is 3.00. The second-order valence-electron chi connectivity index (χ2n) is 5.99. The second-order valence-corrected chi connectivity index (χ2v) is 5.99. The zero-order valence-corrected chi connectivity index (χ0v) is 12.9. The number of carbonyl (C=O) groups is 2. The van der Waals surface area contributed by atoms with Gasteiger partial charge in [0.1, 0.15) is 0 Å². The van der Waals surface area contributed by atoms with E-state index in [-0.39, 0.29) is 11.8 Å². The smallest absolute Gasteiger partial charge is 0.236 e. The highest BCUT2D eigenvalue weighted by molar-refractivity contribution is 5.78. The Balaban J connectivity index is 1.68. The van der Waals surface area contributed by atoms with Crippen molar-refractivity contribution in [3.63, 3.8) is 0 Å². The van der Waals surface area contributed by atoms with Gasteiger partial charge in [-0.05, 0) is 32.2 Å². The van der Waals surface area contributed by atoms with Crippen molar-refractivity contribution in [1.82, 2.24) is 14.7 Å². The molecule has 0 spiro atoms. The summed E-state index contributed by atoms with van der Waals surface area (Å²) in [5, 5.41) is 0. The van der Waals surface area contributed by atoms with Crippen molar-refractivity contribution in [3.8, 4) is 0 Å². The number of hydrogen-bond donors (Lipinski definition) is 1. The lowest BCUT2D eigenvalue weighted by molar-refractivity contribution is -0.135. The largest absolute Gasteiger partial charge is 0.342 e. The van der Waals surface area contributed by atoms with Crippen LogP contribution in [-0.2, 0) is 9.59 Å². The molecular formula is C15H28N4O2. The molecule has 6 nitrogen and oxygen atoms in total. The lowest BCUT2D eigenvalue weighted by Gasteiger charge is -2.36. The average Bonchev–Trinajstić information content (AvgIpc) is 2.54. The summed E-state index contributed by atoms with van der Waals surface area (Å²) < 4.78 is 0. The minimum atomic E-state index is 0.197. The molecular weight excluding hydrogens is 268 g/mol. The molecule has 0 aliphatic carbocycles. The first-order chi connectivity index (χ1) is 10.2. The summed E-state index contributed by atoms with van der Waals surface area (Å²) in [6.07, 6.45) is 4.81. The van der Waals surface area contributed by atoms with Crippen molar-refractivity contribution in [1.29, 1.82) is 0 Å². The lowest BCUT2D eigenvalue weighted by Crippen LogP contribution is -2.52. The molecule has 21 heavy (non-hydrogen) atoms. The molecule has 2 saturated heterocycles. The number of nitrogens with two attached hydrogens (primary N) is 1. The standard InChI is InChI=1S/C15H28N4O2/c16-6-4-5-14(20)19-11-9-17(10-12-19)13-15(21)18-7-2-1-3-8-18/h1-13,16H2. The number of nitrogens with zero attached hydrogens (tertiary/aromatic N) is 3. The predicted octanol–water partition coefficient (Wildman–Crippen LogP) is -0.118. The number of rotatable bonds is 5. The van der Waals surface area contributed by atoms with Crippen LogP contribution >= 0.6 is 0 Å². The molecule has 0 bridgehead atoms. The number of amides is 2. The molecule has 6 heteroatoms. The van der Waals surface area contributed by atoms with E-state index in [0.29, 0.717) is 19.5 Å². The number of piperazine rings is 1. The van der Waals surface area contributed by atoms with Gasteiger partial charge in [-0.3, -0.25) is 14.5 Å². The van der Waals surface area contributed by atoms with E-state index in [1.54, 1.807) is 0 Å². The van der Waals surface area contributed by atoms with Crippen LogP contribution in [0.5, 0.6) is 0 Å². The van der Waals surface area contributed by atoms with Crippen LogP contribution in [0.25, 0.3) is 0 Å². The van der Waals surface area contributed by atoms with Crippen LogP contribution in [0, 0.1) is 0 Å². The Hall–Kier alpha value is -1.14. The Morgan fingerprint density at radius 2 is 1.43 bits per heavy atom. The van der Waals surface area contributed by atoms with Crippen LogP contribution in [-0.4, -0.2) is 78.9 Å². The first kappa shape index (κ1) is 16.2. The lowest BCUT2D eigenvalue weighted by atomic mass is 10.1. The Kier molecular flexibility index (Phi) is 6.45. The first-order valence-corrected chi connectivity index (χ1v) is 8.18. The summed E-state index contributed by atoms with van der Waals surface area (Å²) in [6, 6.07) is 0. The Bertz CT molecular complexity index is 348. The summed E-state index contributed by atoms with van der Waals surface area (Å²) in [5.41, 5.74) is 5.43. The van der Waals surface area contributed by atoms with Crippen LogP contribution in [0.2, 0.25) is 0 Å². The van der Waals surface area contributed by atoms with Crippen molar-refractivity contribution in [3.05, 3.63) is 0 Å². The maximum absolute atomic E-state index is 12.2. The fourth-order valence-corrected chi connectivity index (χ4v) is 3.00. The van der Waals surface area contributed by atoms with Gasteiger partial charge in [0.05, 0.1) is 6.54 Å². The van der Waals surface area contributed by atoms with E-state index in [9.17, 15) is 9.59 Å². The summed E-state index contributed by atoms with van der Waals surface area (Å²) >= 11 is 0. The molecule has 120 valence electrons. The highest BCUT2D eigenvalue weighted by atomic mass is 16.2. The number of piperidine rings is 1. The van der Waals surface area contributed by atoms with E-state index in [0.717, 1.165) is 58.5 Å². The van der Waals surface area contributed by atoms with Gasteiger partial charge in [-0.15, -0.1) is 0 Å². The van der Waals surface area contributed by atoms with Gasteiger partial charge in [-0.2, -0.15) is 0 Å². The molecule has 2 amide bonds. The molecule has 2 fully saturated rings. The van der Waals surface area contributed by atoms with Gasteiger partial charge in [0.2, 0.25) is 11.8 Å². The summed E-state index contributed by atoms with van der Waals surface area (Å²) in [6.45, 7) is 5.96. The van der Waals surface area contributed by atoms with Crippen LogP contribution in [0.15, 0.2) is 0 Å². The van der Waals surface area contributed by atoms with Crippen LogP contribution < -0.4 is 5.73 Å². The van der Waals surface area contributed by atoms with E-state index in [2.05, 4.69) is 4.90 Å². The van der Waals surface area contributed by atoms with Gasteiger partial charge in [-0.25, -0.2) is 0 Å². The zero-order chi connectivity index (χ0) is 15.1. The van der Waals surface area contributed by atoms with E-state index in [4.69, 9.17) is 5.73 Å². The molecule has 0 aromatic carbocycles. The van der Waals surface area contributed by atoms with E-state index < -0.39 is 0 Å². The average molecular weight is 296 g/mol. The summed E-state index contributed by atoms with van der Waals surface area (Å²) in [5.74, 6) is 0.445. The summed E-state index contributed by atoms with van der Waals surface area (Å²) in [4.78, 5) is 30.2. The molecule has 2 heterocycles. The Morgan fingerprint density at radius 3 is 2.05 bits per heavy atom. The molecule has 2 aliphatic heterocycles. The molecule has 0 unspecified atom stereocenters. The normalized spacial score (nSPS) is 20.6. The first-order valence-electron chi connectivity index (χ1n) is 8.18. The van der Waals surface area contributed by atoms with Gasteiger partial charge in [0.15, 0.2) is 0 Å². The third-order valence-electron chi connectivity index (χ3n) is 4.39. The molecule has 0 radical (unpaired) electrons. The SMILES string of the molecule is NCCCC(=O)N1CCN(CC(=O)N2CCCCC2)CC1. The second kappa shape index (κ2) is 8.34. The molecule has 0 aromatic heterocycles. The maximum Gasteiger partial charge on any atom is 0.236 e. The number of hydrogen-bond acceptors (Lipinski definition) is 4. The third-order valence-corrected chi connectivity index (χ3v) is 4.39. The van der Waals surface area contributed by atoms with Crippen molar-refractivity contribution >= 4 is 11.8 Å². The maximum atomic E-state index is 12.2. The van der Waals surface area contributed by atoms with Gasteiger partial charge < -0.3 is 15.5 Å². The van der Waals surface area contributed by atoms with Crippen molar-refractivity contribution in [2.24, 2.45) is 5.73 Å². The van der Waals surface area contributed by atoms with E-state index in [1.807, 2.05) is 9.80 Å². The van der Waals surface area contributed by atoms with Crippen LogP contribution in [0.3, 0.4) is 0 Å². The minimum absolute atomic E-state index is 0.197.